The maximum atomic E-state index is 13.0. The van der Waals surface area contributed by atoms with Crippen LogP contribution in [0, 0.1) is 0 Å². The lowest BCUT2D eigenvalue weighted by Gasteiger charge is -2.10. The Labute approximate surface area is 177 Å². The lowest BCUT2D eigenvalue weighted by atomic mass is 10.0. The second-order valence-corrected chi connectivity index (χ2v) is 7.19. The van der Waals surface area contributed by atoms with Crippen LogP contribution in [0.15, 0.2) is 76.1 Å². The van der Waals surface area contributed by atoms with Crippen molar-refractivity contribution >= 4 is 34.2 Å². The molecule has 6 heteroatoms. The van der Waals surface area contributed by atoms with E-state index in [0.29, 0.717) is 50.2 Å². The van der Waals surface area contributed by atoms with E-state index in [-0.39, 0.29) is 5.43 Å². The third-order valence-corrected chi connectivity index (χ3v) is 5.27. The summed E-state index contributed by atoms with van der Waals surface area (Å²) in [6, 6.07) is 17.8. The quantitative estimate of drug-likeness (QED) is 0.372. The van der Waals surface area contributed by atoms with Crippen LogP contribution < -0.4 is 14.9 Å². The number of fused-ring (bicyclic) bond motifs is 1. The fourth-order valence-corrected chi connectivity index (χ4v) is 3.37. The molecule has 0 N–H and O–H groups in total. The molecule has 0 fully saturated rings. The molecule has 4 nitrogen and oxygen atoms in total. The molecule has 4 rings (SSSR count). The highest BCUT2D eigenvalue weighted by atomic mass is 35.5. The van der Waals surface area contributed by atoms with Gasteiger partial charge in [0.25, 0.3) is 0 Å². The van der Waals surface area contributed by atoms with E-state index in [0.717, 1.165) is 5.56 Å². The molecule has 3 aromatic carbocycles. The van der Waals surface area contributed by atoms with Crippen molar-refractivity contribution in [1.29, 1.82) is 0 Å². The summed E-state index contributed by atoms with van der Waals surface area (Å²) in [4.78, 5) is 13.0. The van der Waals surface area contributed by atoms with Crippen LogP contribution in [0.5, 0.6) is 11.5 Å². The highest BCUT2D eigenvalue weighted by Gasteiger charge is 2.13. The summed E-state index contributed by atoms with van der Waals surface area (Å²) in [5.41, 5.74) is 2.32. The highest BCUT2D eigenvalue weighted by molar-refractivity contribution is 6.42. The Hall–Kier alpha value is -2.95. The topological polar surface area (TPSA) is 48.7 Å². The molecule has 29 heavy (non-hydrogen) atoms. The van der Waals surface area contributed by atoms with Crippen LogP contribution >= 0.6 is 23.2 Å². The molecule has 4 aromatic rings. The van der Waals surface area contributed by atoms with Crippen molar-refractivity contribution in [3.63, 3.8) is 0 Å². The average molecular weight is 427 g/mol. The number of halogens is 2. The van der Waals surface area contributed by atoms with Crippen LogP contribution in [-0.4, -0.2) is 7.11 Å². The highest BCUT2D eigenvalue weighted by Crippen LogP contribution is 2.30. The van der Waals surface area contributed by atoms with Gasteiger partial charge in [0.1, 0.15) is 30.0 Å². The van der Waals surface area contributed by atoms with Gasteiger partial charge in [0.2, 0.25) is 5.43 Å². The molecule has 0 unspecified atom stereocenters. The Bertz CT molecular complexity index is 1250. The number of para-hydroxylation sites is 1. The molecule has 1 aromatic heterocycles. The lowest BCUT2D eigenvalue weighted by Crippen LogP contribution is -2.06. The molecular formula is C23H16Cl2O4. The second-order valence-electron chi connectivity index (χ2n) is 6.37. The molecule has 0 bridgehead atoms. The Kier molecular flexibility index (Phi) is 5.47. The van der Waals surface area contributed by atoms with Crippen LogP contribution in [0.2, 0.25) is 10.0 Å². The van der Waals surface area contributed by atoms with Gasteiger partial charge < -0.3 is 13.9 Å². The standard InChI is InChI=1S/C23H16Cl2O4/c1-27-21-5-3-2-4-16(21)18-13-29-22-11-15(7-8-17(22)23(18)26)28-12-14-6-9-19(24)20(25)10-14/h2-11,13H,12H2,1H3. The van der Waals surface area contributed by atoms with Gasteiger partial charge in [-0.1, -0.05) is 47.5 Å². The van der Waals surface area contributed by atoms with Gasteiger partial charge in [-0.25, -0.2) is 0 Å². The van der Waals surface area contributed by atoms with Crippen LogP contribution in [0.1, 0.15) is 5.56 Å². The molecule has 1 heterocycles. The first-order chi connectivity index (χ1) is 14.1. The molecule has 0 saturated carbocycles. The van der Waals surface area contributed by atoms with Crippen molar-refractivity contribution in [2.75, 3.05) is 7.11 Å². The Balaban J connectivity index is 1.63. The molecule has 0 radical (unpaired) electrons. The van der Waals surface area contributed by atoms with Gasteiger partial charge >= 0.3 is 0 Å². The molecule has 0 saturated heterocycles. The van der Waals surface area contributed by atoms with Crippen molar-refractivity contribution in [1.82, 2.24) is 0 Å². The molecule has 0 atom stereocenters. The van der Waals surface area contributed by atoms with E-state index in [9.17, 15) is 4.79 Å². The Morgan fingerprint density at radius 1 is 0.931 bits per heavy atom. The minimum atomic E-state index is -0.133. The second kappa shape index (κ2) is 8.19. The molecule has 146 valence electrons. The van der Waals surface area contributed by atoms with Crippen molar-refractivity contribution in [2.45, 2.75) is 6.61 Å². The summed E-state index contributed by atoms with van der Waals surface area (Å²) in [6.45, 7) is 0.311. The normalized spacial score (nSPS) is 10.9. The summed E-state index contributed by atoms with van der Waals surface area (Å²) in [6.07, 6.45) is 1.45. The van der Waals surface area contributed by atoms with Gasteiger partial charge in [-0.2, -0.15) is 0 Å². The fraction of sp³-hybridized carbons (Fsp3) is 0.0870. The van der Waals surface area contributed by atoms with Gasteiger partial charge in [-0.05, 0) is 35.9 Å². The lowest BCUT2D eigenvalue weighted by molar-refractivity contribution is 0.306. The minimum absolute atomic E-state index is 0.133. The first-order valence-electron chi connectivity index (χ1n) is 8.82. The van der Waals surface area contributed by atoms with Gasteiger partial charge in [-0.3, -0.25) is 4.79 Å². The van der Waals surface area contributed by atoms with E-state index in [2.05, 4.69) is 0 Å². The number of hydrogen-bond donors (Lipinski definition) is 0. The first-order valence-corrected chi connectivity index (χ1v) is 9.58. The molecule has 0 aliphatic rings. The maximum absolute atomic E-state index is 13.0. The SMILES string of the molecule is COc1ccccc1-c1coc2cc(OCc3ccc(Cl)c(Cl)c3)ccc2c1=O. The van der Waals surface area contributed by atoms with Crippen LogP contribution in [-0.2, 0) is 6.61 Å². The monoisotopic (exact) mass is 426 g/mol. The summed E-state index contributed by atoms with van der Waals surface area (Å²) >= 11 is 12.0. The Morgan fingerprint density at radius 3 is 2.55 bits per heavy atom. The van der Waals surface area contributed by atoms with E-state index in [4.69, 9.17) is 37.1 Å². The molecule has 0 aliphatic heterocycles. The predicted molar refractivity (Wildman–Crippen MR) is 115 cm³/mol. The van der Waals surface area contributed by atoms with Gasteiger partial charge in [-0.15, -0.1) is 0 Å². The summed E-state index contributed by atoms with van der Waals surface area (Å²) in [5, 5.41) is 1.44. The smallest absolute Gasteiger partial charge is 0.200 e. The number of hydrogen-bond acceptors (Lipinski definition) is 4. The van der Waals surface area contributed by atoms with Crippen molar-refractivity contribution in [3.05, 3.63) is 92.8 Å². The summed E-state index contributed by atoms with van der Waals surface area (Å²) < 4.78 is 16.9. The molecular weight excluding hydrogens is 411 g/mol. The number of rotatable bonds is 5. The van der Waals surface area contributed by atoms with Crippen molar-refractivity contribution in [3.8, 4) is 22.6 Å². The van der Waals surface area contributed by atoms with Gasteiger partial charge in [0.05, 0.1) is 28.1 Å². The zero-order valence-electron chi connectivity index (χ0n) is 15.4. The molecule has 0 amide bonds. The largest absolute Gasteiger partial charge is 0.496 e. The van der Waals surface area contributed by atoms with E-state index < -0.39 is 0 Å². The molecule has 0 aliphatic carbocycles. The minimum Gasteiger partial charge on any atom is -0.496 e. The summed E-state index contributed by atoms with van der Waals surface area (Å²) in [7, 11) is 1.57. The zero-order valence-corrected chi connectivity index (χ0v) is 17.0. The number of ether oxygens (including phenoxy) is 2. The Morgan fingerprint density at radius 2 is 1.76 bits per heavy atom. The predicted octanol–water partition coefficient (Wildman–Crippen LogP) is 6.35. The first kappa shape index (κ1) is 19.4. The third kappa shape index (κ3) is 3.95. The average Bonchev–Trinajstić information content (AvgIpc) is 2.75. The number of methoxy groups -OCH3 is 1. The van der Waals surface area contributed by atoms with Crippen LogP contribution in [0.25, 0.3) is 22.1 Å². The van der Waals surface area contributed by atoms with Crippen LogP contribution in [0.4, 0.5) is 0 Å². The summed E-state index contributed by atoms with van der Waals surface area (Å²) in [5.74, 6) is 1.19. The fourth-order valence-electron chi connectivity index (χ4n) is 3.05. The third-order valence-electron chi connectivity index (χ3n) is 4.53. The number of benzene rings is 3. The molecule has 0 spiro atoms. The van der Waals surface area contributed by atoms with Gasteiger partial charge in [0, 0.05) is 11.6 Å². The maximum Gasteiger partial charge on any atom is 0.200 e. The van der Waals surface area contributed by atoms with E-state index in [1.807, 2.05) is 24.3 Å². The van der Waals surface area contributed by atoms with E-state index in [1.54, 1.807) is 43.5 Å². The van der Waals surface area contributed by atoms with Crippen LogP contribution in [0.3, 0.4) is 0 Å². The van der Waals surface area contributed by atoms with Crippen molar-refractivity contribution < 1.29 is 13.9 Å². The van der Waals surface area contributed by atoms with E-state index >= 15 is 0 Å². The van der Waals surface area contributed by atoms with E-state index in [1.165, 1.54) is 6.26 Å². The van der Waals surface area contributed by atoms with Crippen molar-refractivity contribution in [2.24, 2.45) is 0 Å². The zero-order chi connectivity index (χ0) is 20.4. The van der Waals surface area contributed by atoms with Gasteiger partial charge in [0.15, 0.2) is 0 Å².